The molecular formula is C7H10N4O4. The van der Waals surface area contributed by atoms with Gasteiger partial charge in [-0.25, -0.2) is 14.4 Å². The molecule has 1 aromatic heterocycles. The highest BCUT2D eigenvalue weighted by Crippen LogP contribution is 1.78. The summed E-state index contributed by atoms with van der Waals surface area (Å²) in [4.78, 5) is 45.7. The molecule has 8 heteroatoms. The fraction of sp³-hybridized carbons (Fsp3) is 0.143. The van der Waals surface area contributed by atoms with Gasteiger partial charge in [-0.3, -0.25) is 19.7 Å². The van der Waals surface area contributed by atoms with Crippen LogP contribution in [0.15, 0.2) is 26.5 Å². The van der Waals surface area contributed by atoms with E-state index in [1.165, 1.54) is 0 Å². The van der Waals surface area contributed by atoms with Gasteiger partial charge in [0.05, 0.1) is 0 Å². The molecule has 5 N–H and O–H groups in total. The van der Waals surface area contributed by atoms with Gasteiger partial charge in [0.2, 0.25) is 5.91 Å². The number of amides is 1. The molecule has 1 heterocycles. The third-order valence-corrected chi connectivity index (χ3v) is 1.10. The maximum absolute atomic E-state index is 10.2. The van der Waals surface area contributed by atoms with Crippen molar-refractivity contribution in [1.29, 1.82) is 0 Å². The van der Waals surface area contributed by atoms with Gasteiger partial charge in [-0.2, -0.15) is 0 Å². The molecule has 0 bridgehead atoms. The van der Waals surface area contributed by atoms with Gasteiger partial charge in [-0.1, -0.05) is 6.58 Å². The lowest BCUT2D eigenvalue weighted by molar-refractivity contribution is -0.114. The van der Waals surface area contributed by atoms with Gasteiger partial charge in [0.15, 0.2) is 0 Å². The van der Waals surface area contributed by atoms with E-state index in [-0.39, 0.29) is 0 Å². The first kappa shape index (κ1) is 12.6. The third kappa shape index (κ3) is 5.80. The molecule has 1 amide bonds. The van der Waals surface area contributed by atoms with E-state index in [9.17, 15) is 19.2 Å². The van der Waals surface area contributed by atoms with Crippen LogP contribution in [0.1, 0.15) is 6.92 Å². The Morgan fingerprint density at radius 1 is 1.07 bits per heavy atom. The Hall–Kier alpha value is -2.38. The summed E-state index contributed by atoms with van der Waals surface area (Å²) >= 11 is 0. The van der Waals surface area contributed by atoms with Crippen LogP contribution < -0.4 is 22.8 Å². The molecule has 0 saturated heterocycles. The van der Waals surface area contributed by atoms with Crippen molar-refractivity contribution in [3.63, 3.8) is 0 Å². The van der Waals surface area contributed by atoms with E-state index in [2.05, 4.69) is 6.58 Å². The van der Waals surface area contributed by atoms with Crippen molar-refractivity contribution in [3.8, 4) is 0 Å². The first-order valence-electron chi connectivity index (χ1n) is 3.71. The molecule has 0 unspecified atom stereocenters. The molecule has 0 radical (unpaired) electrons. The molecule has 0 aliphatic rings. The average Bonchev–Trinajstić information content (AvgIpc) is 2.01. The molecule has 0 spiro atoms. The van der Waals surface area contributed by atoms with Crippen LogP contribution in [0.2, 0.25) is 0 Å². The summed E-state index contributed by atoms with van der Waals surface area (Å²) in [5.41, 5.74) is 2.69. The zero-order valence-electron chi connectivity index (χ0n) is 7.92. The smallest absolute Gasteiger partial charge is 0.330 e. The molecule has 0 saturated carbocycles. The van der Waals surface area contributed by atoms with Gasteiger partial charge in [-0.15, -0.1) is 0 Å². The van der Waals surface area contributed by atoms with Crippen LogP contribution >= 0.6 is 0 Å². The first-order valence-corrected chi connectivity index (χ1v) is 3.71. The molecule has 0 aliphatic carbocycles. The molecular weight excluding hydrogens is 204 g/mol. The van der Waals surface area contributed by atoms with Crippen molar-refractivity contribution in [3.05, 3.63) is 43.6 Å². The number of hydrogen-bond acceptors (Lipinski definition) is 4. The van der Waals surface area contributed by atoms with Crippen molar-refractivity contribution < 1.29 is 4.79 Å². The van der Waals surface area contributed by atoms with Crippen molar-refractivity contribution in [1.82, 2.24) is 15.0 Å². The van der Waals surface area contributed by atoms with Gasteiger partial charge < -0.3 is 5.73 Å². The first-order chi connectivity index (χ1) is 6.82. The molecule has 8 nitrogen and oxygen atoms in total. The lowest BCUT2D eigenvalue weighted by atomic mass is 10.3. The molecule has 1 rings (SSSR count). The van der Waals surface area contributed by atoms with Crippen LogP contribution in [0.25, 0.3) is 0 Å². The van der Waals surface area contributed by atoms with Gasteiger partial charge in [0, 0.05) is 5.57 Å². The summed E-state index contributed by atoms with van der Waals surface area (Å²) in [5, 5.41) is 0. The Morgan fingerprint density at radius 3 is 1.40 bits per heavy atom. The topological polar surface area (TPSA) is 142 Å². The van der Waals surface area contributed by atoms with Gasteiger partial charge in [0.1, 0.15) is 0 Å². The SMILES string of the molecule is C=C(C)C(N)=O.O=c1[nH]c(=O)[nH]c(=O)[nH]1. The Kier molecular flexibility index (Phi) is 4.52. The Balaban J connectivity index is 0.000000288. The molecule has 0 atom stereocenters. The van der Waals surface area contributed by atoms with E-state index in [1.54, 1.807) is 21.9 Å². The van der Waals surface area contributed by atoms with Gasteiger partial charge in [0.25, 0.3) is 0 Å². The van der Waals surface area contributed by atoms with Gasteiger partial charge >= 0.3 is 17.1 Å². The van der Waals surface area contributed by atoms with E-state index in [0.29, 0.717) is 5.57 Å². The fourth-order valence-electron chi connectivity index (χ4n) is 0.403. The molecule has 15 heavy (non-hydrogen) atoms. The molecule has 1 aromatic rings. The summed E-state index contributed by atoms with van der Waals surface area (Å²) < 4.78 is 0. The summed E-state index contributed by atoms with van der Waals surface area (Å²) in [6.45, 7) is 4.85. The Morgan fingerprint density at radius 2 is 1.27 bits per heavy atom. The molecule has 0 aliphatic heterocycles. The Labute approximate surface area is 82.9 Å². The zero-order chi connectivity index (χ0) is 12.0. The van der Waals surface area contributed by atoms with Crippen LogP contribution in [0.5, 0.6) is 0 Å². The Bertz CT molecular complexity index is 430. The number of H-pyrrole nitrogens is 3. The summed E-state index contributed by atoms with van der Waals surface area (Å²) in [7, 11) is 0. The lowest BCUT2D eigenvalue weighted by Gasteiger charge is -1.81. The van der Waals surface area contributed by atoms with Crippen LogP contribution in [-0.2, 0) is 4.79 Å². The fourth-order valence-corrected chi connectivity index (χ4v) is 0.403. The van der Waals surface area contributed by atoms with Crippen LogP contribution in [-0.4, -0.2) is 20.9 Å². The van der Waals surface area contributed by atoms with E-state index >= 15 is 0 Å². The zero-order valence-corrected chi connectivity index (χ0v) is 7.92. The highest BCUT2D eigenvalue weighted by Gasteiger charge is 1.86. The van der Waals surface area contributed by atoms with Crippen molar-refractivity contribution in [2.24, 2.45) is 5.73 Å². The lowest BCUT2D eigenvalue weighted by Crippen LogP contribution is -2.34. The predicted octanol–water partition coefficient (Wildman–Crippen LogP) is -2.20. The minimum Gasteiger partial charge on any atom is -0.366 e. The molecule has 82 valence electrons. The standard InChI is InChI=1S/C4H7NO.C3H3N3O3/c1-3(2)4(5)6;7-1-4-2(8)6-3(9)5-1/h1H2,2H3,(H2,5,6);(H3,4,5,6,7,8,9). The predicted molar refractivity (Wildman–Crippen MR) is 52.3 cm³/mol. The summed E-state index contributed by atoms with van der Waals surface area (Å²) in [5.74, 6) is -0.435. The second kappa shape index (κ2) is 5.37. The normalized spacial score (nSPS) is 8.60. The minimum atomic E-state index is -0.802. The number of hydrogen-bond donors (Lipinski definition) is 4. The van der Waals surface area contributed by atoms with E-state index in [0.717, 1.165) is 0 Å². The van der Waals surface area contributed by atoms with Crippen LogP contribution in [0.3, 0.4) is 0 Å². The van der Waals surface area contributed by atoms with E-state index in [4.69, 9.17) is 5.73 Å². The number of rotatable bonds is 1. The number of aromatic amines is 3. The number of carbonyl (C=O) groups is 1. The highest BCUT2D eigenvalue weighted by molar-refractivity contribution is 5.90. The highest BCUT2D eigenvalue weighted by atomic mass is 16.2. The summed E-state index contributed by atoms with van der Waals surface area (Å²) in [6.07, 6.45) is 0. The van der Waals surface area contributed by atoms with E-state index < -0.39 is 23.0 Å². The number of primary amides is 1. The van der Waals surface area contributed by atoms with Crippen LogP contribution in [0.4, 0.5) is 0 Å². The van der Waals surface area contributed by atoms with Crippen molar-refractivity contribution in [2.75, 3.05) is 0 Å². The average molecular weight is 214 g/mol. The summed E-state index contributed by atoms with van der Waals surface area (Å²) in [6, 6.07) is 0. The second-order valence-electron chi connectivity index (χ2n) is 2.51. The molecule has 0 aromatic carbocycles. The second-order valence-corrected chi connectivity index (χ2v) is 2.51. The maximum atomic E-state index is 10.2. The van der Waals surface area contributed by atoms with Crippen molar-refractivity contribution >= 4 is 5.91 Å². The maximum Gasteiger partial charge on any atom is 0.330 e. The number of aromatic nitrogens is 3. The van der Waals surface area contributed by atoms with Crippen LogP contribution in [0, 0.1) is 0 Å². The quantitative estimate of drug-likeness (QED) is 0.393. The third-order valence-electron chi connectivity index (χ3n) is 1.10. The number of nitrogens with two attached hydrogens (primary N) is 1. The minimum absolute atomic E-state index is 0.398. The van der Waals surface area contributed by atoms with E-state index in [1.807, 2.05) is 0 Å². The van der Waals surface area contributed by atoms with Crippen molar-refractivity contribution in [2.45, 2.75) is 6.92 Å². The monoisotopic (exact) mass is 214 g/mol. The molecule has 0 fully saturated rings. The van der Waals surface area contributed by atoms with Gasteiger partial charge in [-0.05, 0) is 6.92 Å². The largest absolute Gasteiger partial charge is 0.366 e. The number of carbonyl (C=O) groups excluding carboxylic acids is 1. The number of nitrogens with one attached hydrogen (secondary N) is 3.